The molecule has 0 saturated carbocycles. The van der Waals surface area contributed by atoms with Gasteiger partial charge in [-0.3, -0.25) is 9.69 Å². The van der Waals surface area contributed by atoms with E-state index in [1.807, 2.05) is 0 Å². The zero-order chi connectivity index (χ0) is 9.97. The first kappa shape index (κ1) is 9.93. The van der Waals surface area contributed by atoms with Crippen LogP contribution in [0.3, 0.4) is 0 Å². The zero-order valence-corrected chi connectivity index (χ0v) is 8.32. The van der Waals surface area contributed by atoms with Crippen LogP contribution in [0.1, 0.15) is 25.7 Å². The molecule has 0 spiro atoms. The third-order valence-corrected chi connectivity index (χ3v) is 3.24. The van der Waals surface area contributed by atoms with Gasteiger partial charge in [0.2, 0.25) is 0 Å². The fourth-order valence-electron chi connectivity index (χ4n) is 2.51. The molecule has 0 bridgehead atoms. The first-order chi connectivity index (χ1) is 6.79. The Morgan fingerprint density at radius 3 is 2.64 bits per heavy atom. The number of carboxylic acids is 1. The van der Waals surface area contributed by atoms with Crippen LogP contribution in [-0.2, 0) is 9.53 Å². The van der Waals surface area contributed by atoms with Crippen molar-refractivity contribution >= 4 is 5.97 Å². The standard InChI is InChI=1S/C10H17NO3/c12-10(13)9-2-1-5-11(9)8-3-6-14-7-4-8/h8-9H,1-7H2,(H,12,13). The summed E-state index contributed by atoms with van der Waals surface area (Å²) in [5, 5.41) is 9.04. The highest BCUT2D eigenvalue weighted by atomic mass is 16.5. The molecule has 2 rings (SSSR count). The summed E-state index contributed by atoms with van der Waals surface area (Å²) in [6.07, 6.45) is 3.81. The molecule has 14 heavy (non-hydrogen) atoms. The molecule has 0 amide bonds. The van der Waals surface area contributed by atoms with Crippen LogP contribution >= 0.6 is 0 Å². The van der Waals surface area contributed by atoms with Crippen molar-refractivity contribution in [3.05, 3.63) is 0 Å². The third kappa shape index (κ3) is 1.91. The van der Waals surface area contributed by atoms with Crippen LogP contribution in [-0.4, -0.2) is 47.8 Å². The van der Waals surface area contributed by atoms with Gasteiger partial charge in [0.1, 0.15) is 6.04 Å². The average molecular weight is 199 g/mol. The van der Waals surface area contributed by atoms with Gasteiger partial charge in [-0.05, 0) is 32.2 Å². The van der Waals surface area contributed by atoms with Gasteiger partial charge >= 0.3 is 5.97 Å². The molecule has 2 aliphatic rings. The minimum atomic E-state index is -0.658. The van der Waals surface area contributed by atoms with Gasteiger partial charge in [-0.15, -0.1) is 0 Å². The number of ether oxygens (including phenoxy) is 1. The largest absolute Gasteiger partial charge is 0.480 e. The van der Waals surface area contributed by atoms with Crippen molar-refractivity contribution in [3.63, 3.8) is 0 Å². The van der Waals surface area contributed by atoms with Crippen molar-refractivity contribution in [3.8, 4) is 0 Å². The predicted molar refractivity (Wildman–Crippen MR) is 51.2 cm³/mol. The van der Waals surface area contributed by atoms with Crippen LogP contribution in [0.4, 0.5) is 0 Å². The van der Waals surface area contributed by atoms with Gasteiger partial charge in [-0.2, -0.15) is 0 Å². The minimum absolute atomic E-state index is 0.238. The number of likely N-dealkylation sites (tertiary alicyclic amines) is 1. The molecule has 2 heterocycles. The molecule has 4 nitrogen and oxygen atoms in total. The number of rotatable bonds is 2. The predicted octanol–water partition coefficient (Wildman–Crippen LogP) is 0.714. The van der Waals surface area contributed by atoms with Gasteiger partial charge in [-0.25, -0.2) is 0 Å². The molecule has 2 saturated heterocycles. The lowest BCUT2D eigenvalue weighted by atomic mass is 10.1. The minimum Gasteiger partial charge on any atom is -0.480 e. The maximum absolute atomic E-state index is 11.0. The van der Waals surface area contributed by atoms with Crippen LogP contribution < -0.4 is 0 Å². The molecule has 0 aromatic carbocycles. The summed E-state index contributed by atoms with van der Waals surface area (Å²) in [7, 11) is 0. The monoisotopic (exact) mass is 199 g/mol. The van der Waals surface area contributed by atoms with E-state index in [9.17, 15) is 4.79 Å². The summed E-state index contributed by atoms with van der Waals surface area (Å²) in [5.74, 6) is -0.658. The Morgan fingerprint density at radius 2 is 2.00 bits per heavy atom. The van der Waals surface area contributed by atoms with E-state index in [4.69, 9.17) is 9.84 Å². The highest BCUT2D eigenvalue weighted by Crippen LogP contribution is 2.25. The van der Waals surface area contributed by atoms with E-state index in [1.54, 1.807) is 0 Å². The molecular formula is C10H17NO3. The fourth-order valence-corrected chi connectivity index (χ4v) is 2.51. The summed E-state index contributed by atoms with van der Waals surface area (Å²) in [6, 6.07) is 0.199. The lowest BCUT2D eigenvalue weighted by Gasteiger charge is -2.33. The number of carboxylic acid groups (broad SMARTS) is 1. The lowest BCUT2D eigenvalue weighted by molar-refractivity contribution is -0.143. The molecule has 1 N–H and O–H groups in total. The molecule has 2 fully saturated rings. The van der Waals surface area contributed by atoms with Crippen molar-refractivity contribution in [1.29, 1.82) is 0 Å². The second-order valence-corrected chi connectivity index (χ2v) is 4.08. The number of carbonyl (C=O) groups is 1. The molecule has 1 unspecified atom stereocenters. The maximum Gasteiger partial charge on any atom is 0.320 e. The van der Waals surface area contributed by atoms with E-state index in [2.05, 4.69) is 4.90 Å². The smallest absolute Gasteiger partial charge is 0.320 e. The fraction of sp³-hybridized carbons (Fsp3) is 0.900. The van der Waals surface area contributed by atoms with Crippen molar-refractivity contribution in [1.82, 2.24) is 4.90 Å². The van der Waals surface area contributed by atoms with Gasteiger partial charge in [0.15, 0.2) is 0 Å². The van der Waals surface area contributed by atoms with Crippen molar-refractivity contribution in [2.24, 2.45) is 0 Å². The lowest BCUT2D eigenvalue weighted by Crippen LogP contribution is -2.45. The Balaban J connectivity index is 1.97. The van der Waals surface area contributed by atoms with Gasteiger partial charge < -0.3 is 9.84 Å². The van der Waals surface area contributed by atoms with Gasteiger partial charge in [-0.1, -0.05) is 0 Å². The number of nitrogens with zero attached hydrogens (tertiary/aromatic N) is 1. The summed E-state index contributed by atoms with van der Waals surface area (Å²) < 4.78 is 5.28. The highest BCUT2D eigenvalue weighted by Gasteiger charge is 2.35. The van der Waals surface area contributed by atoms with Crippen LogP contribution in [0.25, 0.3) is 0 Å². The van der Waals surface area contributed by atoms with Crippen LogP contribution in [0.15, 0.2) is 0 Å². The second-order valence-electron chi connectivity index (χ2n) is 4.08. The van der Waals surface area contributed by atoms with Crippen molar-refractivity contribution < 1.29 is 14.6 Å². The Bertz CT molecular complexity index is 213. The van der Waals surface area contributed by atoms with Gasteiger partial charge in [0.25, 0.3) is 0 Å². The van der Waals surface area contributed by atoms with Crippen LogP contribution in [0.5, 0.6) is 0 Å². The molecule has 80 valence electrons. The molecule has 0 aliphatic carbocycles. The number of hydrogen-bond acceptors (Lipinski definition) is 3. The van der Waals surface area contributed by atoms with Gasteiger partial charge in [0.05, 0.1) is 0 Å². The van der Waals surface area contributed by atoms with E-state index in [-0.39, 0.29) is 6.04 Å². The Hall–Kier alpha value is -0.610. The summed E-state index contributed by atoms with van der Waals surface area (Å²) in [5.41, 5.74) is 0. The van der Waals surface area contributed by atoms with Crippen molar-refractivity contribution in [2.75, 3.05) is 19.8 Å². The molecule has 1 atom stereocenters. The number of aliphatic carboxylic acids is 1. The van der Waals surface area contributed by atoms with Crippen LogP contribution in [0.2, 0.25) is 0 Å². The average Bonchev–Trinajstić information content (AvgIpc) is 2.67. The molecule has 0 aromatic rings. The molecule has 4 heteroatoms. The third-order valence-electron chi connectivity index (χ3n) is 3.24. The van der Waals surface area contributed by atoms with Gasteiger partial charge in [0, 0.05) is 19.3 Å². The SMILES string of the molecule is O=C(O)C1CCCN1C1CCOCC1. The van der Waals surface area contributed by atoms with Crippen LogP contribution in [0, 0.1) is 0 Å². The number of hydrogen-bond donors (Lipinski definition) is 1. The first-order valence-electron chi connectivity index (χ1n) is 5.35. The van der Waals surface area contributed by atoms with E-state index in [0.717, 1.165) is 45.4 Å². The topological polar surface area (TPSA) is 49.8 Å². The Morgan fingerprint density at radius 1 is 1.29 bits per heavy atom. The van der Waals surface area contributed by atoms with E-state index >= 15 is 0 Å². The van der Waals surface area contributed by atoms with E-state index in [1.165, 1.54) is 0 Å². The second kappa shape index (κ2) is 4.28. The molecular weight excluding hydrogens is 182 g/mol. The molecule has 2 aliphatic heterocycles. The summed E-state index contributed by atoms with van der Waals surface area (Å²) in [6.45, 7) is 2.52. The zero-order valence-electron chi connectivity index (χ0n) is 8.32. The first-order valence-corrected chi connectivity index (χ1v) is 5.35. The molecule has 0 radical (unpaired) electrons. The van der Waals surface area contributed by atoms with E-state index in [0.29, 0.717) is 6.04 Å². The summed E-state index contributed by atoms with van der Waals surface area (Å²) >= 11 is 0. The molecule has 0 aromatic heterocycles. The Kier molecular flexibility index (Phi) is 3.03. The maximum atomic E-state index is 11.0. The Labute approximate surface area is 83.8 Å². The van der Waals surface area contributed by atoms with E-state index < -0.39 is 5.97 Å². The quantitative estimate of drug-likeness (QED) is 0.711. The highest BCUT2D eigenvalue weighted by molar-refractivity contribution is 5.73. The normalized spacial score (nSPS) is 30.7. The summed E-state index contributed by atoms with van der Waals surface area (Å²) in [4.78, 5) is 13.1. The van der Waals surface area contributed by atoms with Crippen molar-refractivity contribution in [2.45, 2.75) is 37.8 Å².